The first kappa shape index (κ1) is 12.1. The van der Waals surface area contributed by atoms with Gasteiger partial charge in [-0.1, -0.05) is 0 Å². The van der Waals surface area contributed by atoms with E-state index in [9.17, 15) is 9.59 Å². The molecule has 0 atom stereocenters. The second-order valence-electron chi connectivity index (χ2n) is 3.67. The van der Waals surface area contributed by atoms with E-state index in [-0.39, 0.29) is 18.2 Å². The first-order valence-electron chi connectivity index (χ1n) is 5.52. The smallest absolute Gasteiger partial charge is 0.333 e. The molecule has 0 bridgehead atoms. The number of carbonyl (C=O) groups excluding carboxylic acids is 2. The molecule has 2 rings (SSSR count). The zero-order valence-corrected chi connectivity index (χ0v) is 10.1. The van der Waals surface area contributed by atoms with E-state index >= 15 is 0 Å². The Bertz CT molecular complexity index is 525. The van der Waals surface area contributed by atoms with E-state index < -0.39 is 5.97 Å². The van der Waals surface area contributed by atoms with Crippen molar-refractivity contribution >= 4 is 23.4 Å². The molecule has 0 saturated carbocycles. The average Bonchev–Trinajstić information content (AvgIpc) is 2.35. The van der Waals surface area contributed by atoms with Crippen molar-refractivity contribution in [1.82, 2.24) is 4.98 Å². The lowest BCUT2D eigenvalue weighted by molar-refractivity contribution is -0.137. The Morgan fingerprint density at radius 2 is 2.39 bits per heavy atom. The lowest BCUT2D eigenvalue weighted by Crippen LogP contribution is -2.34. The molecule has 0 aliphatic carbocycles. The molecule has 0 aromatic carbocycles. The molecular weight excluding hydrogens is 234 g/mol. The molecule has 1 aliphatic rings. The molecule has 0 unspecified atom stereocenters. The van der Waals surface area contributed by atoms with Crippen molar-refractivity contribution in [3.8, 4) is 0 Å². The molecular formula is C12H13N3O3. The highest BCUT2D eigenvalue weighted by Crippen LogP contribution is 2.29. The Balaban J connectivity index is 2.35. The SMILES string of the molecule is CCOC(=O)/C=C1/C(=O)Nc2cccnc2N1C. The summed E-state index contributed by atoms with van der Waals surface area (Å²) in [6.45, 7) is 1.97. The van der Waals surface area contributed by atoms with Gasteiger partial charge in [-0.15, -0.1) is 0 Å². The first-order valence-corrected chi connectivity index (χ1v) is 5.52. The number of aromatic nitrogens is 1. The minimum atomic E-state index is -0.547. The van der Waals surface area contributed by atoms with Crippen LogP contribution in [0.2, 0.25) is 0 Å². The lowest BCUT2D eigenvalue weighted by atomic mass is 10.2. The number of nitrogens with one attached hydrogen (secondary N) is 1. The Kier molecular flexibility index (Phi) is 3.27. The maximum absolute atomic E-state index is 11.9. The van der Waals surface area contributed by atoms with Crippen molar-refractivity contribution in [2.45, 2.75) is 6.92 Å². The standard InChI is InChI=1S/C12H13N3O3/c1-3-18-10(16)7-9-12(17)14-8-5-4-6-13-11(8)15(9)2/h4-7H,3H2,1-2H3,(H,14,17)/b9-7-. The summed E-state index contributed by atoms with van der Waals surface area (Å²) in [5.74, 6) is -0.312. The quantitative estimate of drug-likeness (QED) is 0.621. The molecule has 6 heteroatoms. The molecule has 1 aromatic heterocycles. The fraction of sp³-hybridized carbons (Fsp3) is 0.250. The summed E-state index contributed by atoms with van der Waals surface area (Å²) in [5, 5.41) is 2.67. The molecule has 0 saturated heterocycles. The molecule has 94 valence electrons. The van der Waals surface area contributed by atoms with Crippen molar-refractivity contribution in [1.29, 1.82) is 0 Å². The normalized spacial score (nSPS) is 16.2. The van der Waals surface area contributed by atoms with Gasteiger partial charge in [0.15, 0.2) is 5.82 Å². The van der Waals surface area contributed by atoms with Gasteiger partial charge in [0.05, 0.1) is 18.4 Å². The number of hydrogen-bond donors (Lipinski definition) is 1. The molecule has 1 aliphatic heterocycles. The average molecular weight is 247 g/mol. The van der Waals surface area contributed by atoms with Gasteiger partial charge >= 0.3 is 5.97 Å². The predicted octanol–water partition coefficient (Wildman–Crippen LogP) is 0.917. The molecule has 18 heavy (non-hydrogen) atoms. The molecule has 1 N–H and O–H groups in total. The van der Waals surface area contributed by atoms with Crippen LogP contribution < -0.4 is 10.2 Å². The third-order valence-electron chi connectivity index (χ3n) is 2.49. The number of hydrogen-bond acceptors (Lipinski definition) is 5. The lowest BCUT2D eigenvalue weighted by Gasteiger charge is -2.27. The Hall–Kier alpha value is -2.37. The third-order valence-corrected chi connectivity index (χ3v) is 2.49. The summed E-state index contributed by atoms with van der Waals surface area (Å²) >= 11 is 0. The molecule has 0 fully saturated rings. The number of amides is 1. The van der Waals surface area contributed by atoms with Crippen molar-refractivity contribution in [2.75, 3.05) is 23.9 Å². The first-order chi connectivity index (χ1) is 8.63. The van der Waals surface area contributed by atoms with Gasteiger partial charge in [-0.2, -0.15) is 0 Å². The topological polar surface area (TPSA) is 71.5 Å². The maximum Gasteiger partial charge on any atom is 0.333 e. The molecule has 0 spiro atoms. The largest absolute Gasteiger partial charge is 0.463 e. The Morgan fingerprint density at radius 3 is 3.11 bits per heavy atom. The van der Waals surface area contributed by atoms with Crippen LogP contribution in [0.3, 0.4) is 0 Å². The number of nitrogens with zero attached hydrogens (tertiary/aromatic N) is 2. The van der Waals surface area contributed by atoms with Crippen LogP contribution in [-0.4, -0.2) is 30.5 Å². The van der Waals surface area contributed by atoms with E-state index in [1.807, 2.05) is 0 Å². The molecule has 2 heterocycles. The number of carbonyl (C=O) groups is 2. The summed E-state index contributed by atoms with van der Waals surface area (Å²) in [4.78, 5) is 29.0. The number of rotatable bonds is 2. The highest BCUT2D eigenvalue weighted by atomic mass is 16.5. The van der Waals surface area contributed by atoms with Gasteiger partial charge in [0, 0.05) is 13.2 Å². The Morgan fingerprint density at radius 1 is 1.61 bits per heavy atom. The van der Waals surface area contributed by atoms with E-state index in [0.29, 0.717) is 11.5 Å². The summed E-state index contributed by atoms with van der Waals surface area (Å²) in [6, 6.07) is 3.48. The Labute approximate surface area is 104 Å². The zero-order valence-electron chi connectivity index (χ0n) is 10.1. The second kappa shape index (κ2) is 4.87. The molecule has 6 nitrogen and oxygen atoms in total. The number of pyridine rings is 1. The molecule has 1 aromatic rings. The van der Waals surface area contributed by atoms with Gasteiger partial charge in [-0.25, -0.2) is 9.78 Å². The van der Waals surface area contributed by atoms with Crippen LogP contribution in [0.15, 0.2) is 30.1 Å². The minimum absolute atomic E-state index is 0.208. The van der Waals surface area contributed by atoms with Gasteiger partial charge in [-0.3, -0.25) is 4.79 Å². The number of likely N-dealkylation sites (N-methyl/N-ethyl adjacent to an activating group) is 1. The molecule has 0 radical (unpaired) electrons. The van der Waals surface area contributed by atoms with Gasteiger partial charge in [-0.05, 0) is 19.1 Å². The zero-order chi connectivity index (χ0) is 13.1. The van der Waals surface area contributed by atoms with Crippen LogP contribution in [0, 0.1) is 0 Å². The predicted molar refractivity (Wildman–Crippen MR) is 66.0 cm³/mol. The van der Waals surface area contributed by atoms with E-state index in [1.165, 1.54) is 0 Å². The summed E-state index contributed by atoms with van der Waals surface area (Å²) in [5.41, 5.74) is 0.825. The van der Waals surface area contributed by atoms with Crippen molar-refractivity contribution < 1.29 is 14.3 Å². The molecule has 1 amide bonds. The monoisotopic (exact) mass is 247 g/mol. The number of fused-ring (bicyclic) bond motifs is 1. The van der Waals surface area contributed by atoms with Crippen LogP contribution >= 0.6 is 0 Å². The summed E-state index contributed by atoms with van der Waals surface area (Å²) < 4.78 is 4.79. The second-order valence-corrected chi connectivity index (χ2v) is 3.67. The van der Waals surface area contributed by atoms with E-state index in [4.69, 9.17) is 4.74 Å². The van der Waals surface area contributed by atoms with E-state index in [2.05, 4.69) is 10.3 Å². The summed E-state index contributed by atoms with van der Waals surface area (Å²) in [7, 11) is 1.68. The fourth-order valence-electron chi connectivity index (χ4n) is 1.67. The van der Waals surface area contributed by atoms with Crippen molar-refractivity contribution in [3.05, 3.63) is 30.1 Å². The van der Waals surface area contributed by atoms with Crippen molar-refractivity contribution in [3.63, 3.8) is 0 Å². The number of anilines is 2. The van der Waals surface area contributed by atoms with Crippen LogP contribution in [0.5, 0.6) is 0 Å². The van der Waals surface area contributed by atoms with Crippen LogP contribution in [0.25, 0.3) is 0 Å². The van der Waals surface area contributed by atoms with Gasteiger partial charge in [0.1, 0.15) is 5.70 Å². The van der Waals surface area contributed by atoms with E-state index in [0.717, 1.165) is 6.08 Å². The van der Waals surface area contributed by atoms with E-state index in [1.54, 1.807) is 37.2 Å². The maximum atomic E-state index is 11.9. The number of esters is 1. The minimum Gasteiger partial charge on any atom is -0.463 e. The van der Waals surface area contributed by atoms with Crippen molar-refractivity contribution in [2.24, 2.45) is 0 Å². The van der Waals surface area contributed by atoms with Gasteiger partial charge in [0.2, 0.25) is 0 Å². The number of ether oxygens (including phenoxy) is 1. The highest BCUT2D eigenvalue weighted by molar-refractivity contribution is 6.13. The van der Waals surface area contributed by atoms with Gasteiger partial charge in [0.25, 0.3) is 5.91 Å². The van der Waals surface area contributed by atoms with Gasteiger partial charge < -0.3 is 15.0 Å². The third kappa shape index (κ3) is 2.17. The highest BCUT2D eigenvalue weighted by Gasteiger charge is 2.26. The van der Waals surface area contributed by atoms with Crippen LogP contribution in [0.4, 0.5) is 11.5 Å². The summed E-state index contributed by atoms with van der Waals surface area (Å²) in [6.07, 6.45) is 2.78. The van der Waals surface area contributed by atoms with Crippen LogP contribution in [-0.2, 0) is 14.3 Å². The van der Waals surface area contributed by atoms with Crippen LogP contribution in [0.1, 0.15) is 6.92 Å². The fourth-order valence-corrected chi connectivity index (χ4v) is 1.67.